The molecule has 2 rings (SSSR count). The summed E-state index contributed by atoms with van der Waals surface area (Å²) in [5.74, 6) is -0.144. The van der Waals surface area contributed by atoms with Crippen LogP contribution in [-0.2, 0) is 19.5 Å². The molecule has 2 fully saturated rings. The summed E-state index contributed by atoms with van der Waals surface area (Å²) < 4.78 is 33.7. The molecular weight excluding hydrogens is 242 g/mol. The Hall–Kier alpha value is -0.170. The minimum absolute atomic E-state index is 0.144. The van der Waals surface area contributed by atoms with Crippen LogP contribution in [0.5, 0.6) is 0 Å². The van der Waals surface area contributed by atoms with E-state index >= 15 is 0 Å². The van der Waals surface area contributed by atoms with Gasteiger partial charge in [-0.25, -0.2) is 13.6 Å². The van der Waals surface area contributed by atoms with Crippen LogP contribution < -0.4 is 5.14 Å². The van der Waals surface area contributed by atoms with E-state index in [1.807, 2.05) is 0 Å². The largest absolute Gasteiger partial charge is 0.376 e. The molecule has 0 aromatic carbocycles. The summed E-state index contributed by atoms with van der Waals surface area (Å²) in [4.78, 5) is 0. The molecule has 0 aromatic rings. The quantitative estimate of drug-likeness (QED) is 0.798. The van der Waals surface area contributed by atoms with Crippen molar-refractivity contribution in [2.45, 2.75) is 50.2 Å². The van der Waals surface area contributed by atoms with Gasteiger partial charge in [-0.2, -0.15) is 0 Å². The first-order valence-electron chi connectivity index (χ1n) is 6.25. The van der Waals surface area contributed by atoms with E-state index in [9.17, 15) is 8.42 Å². The lowest BCUT2D eigenvalue weighted by Crippen LogP contribution is -2.50. The second kappa shape index (κ2) is 5.22. The molecule has 6 heteroatoms. The lowest BCUT2D eigenvalue weighted by Gasteiger charge is -2.40. The second-order valence-corrected chi connectivity index (χ2v) is 6.84. The maximum Gasteiger partial charge on any atom is 0.211 e. The van der Waals surface area contributed by atoms with Crippen molar-refractivity contribution in [3.8, 4) is 0 Å². The van der Waals surface area contributed by atoms with Crippen molar-refractivity contribution in [3.05, 3.63) is 0 Å². The van der Waals surface area contributed by atoms with Crippen LogP contribution in [0.4, 0.5) is 0 Å². The molecule has 0 radical (unpaired) electrons. The number of sulfonamides is 1. The lowest BCUT2D eigenvalue weighted by atomic mass is 9.94. The van der Waals surface area contributed by atoms with Gasteiger partial charge in [-0.1, -0.05) is 25.7 Å². The molecule has 17 heavy (non-hydrogen) atoms. The summed E-state index contributed by atoms with van der Waals surface area (Å²) in [7, 11) is -3.49. The normalized spacial score (nSPS) is 30.1. The average Bonchev–Trinajstić information content (AvgIpc) is 2.41. The number of nitrogens with two attached hydrogens (primary N) is 1. The van der Waals surface area contributed by atoms with Crippen LogP contribution in [0, 0.1) is 0 Å². The van der Waals surface area contributed by atoms with E-state index in [4.69, 9.17) is 14.6 Å². The molecular formula is C11H21NO4S. The van der Waals surface area contributed by atoms with Crippen molar-refractivity contribution >= 4 is 10.0 Å². The van der Waals surface area contributed by atoms with Crippen molar-refractivity contribution in [3.63, 3.8) is 0 Å². The van der Waals surface area contributed by atoms with Gasteiger partial charge in [0.05, 0.1) is 30.7 Å². The minimum atomic E-state index is -3.49. The highest BCUT2D eigenvalue weighted by Crippen LogP contribution is 2.34. The standard InChI is InChI=1S/C11H21NO4S/c12-17(13,14)8-10-7-15-9-11(16-10)5-3-1-2-4-6-11/h10H,1-9H2,(H2,12,13,14). The van der Waals surface area contributed by atoms with Crippen LogP contribution in [-0.4, -0.2) is 39.1 Å². The highest BCUT2D eigenvalue weighted by atomic mass is 32.2. The first kappa shape index (κ1) is 13.3. The second-order valence-electron chi connectivity index (χ2n) is 5.18. The molecule has 5 nitrogen and oxygen atoms in total. The minimum Gasteiger partial charge on any atom is -0.376 e. The van der Waals surface area contributed by atoms with E-state index < -0.39 is 16.1 Å². The summed E-state index contributed by atoms with van der Waals surface area (Å²) in [6, 6.07) is 0. The maximum atomic E-state index is 11.1. The molecule has 1 unspecified atom stereocenters. The fourth-order valence-corrected chi connectivity index (χ4v) is 3.46. The lowest BCUT2D eigenvalue weighted by molar-refractivity contribution is -0.196. The van der Waals surface area contributed by atoms with Gasteiger partial charge >= 0.3 is 0 Å². The average molecular weight is 263 g/mol. The Labute approximate surface area is 103 Å². The zero-order chi connectivity index (χ0) is 12.4. The van der Waals surface area contributed by atoms with Crippen molar-refractivity contribution in [1.29, 1.82) is 0 Å². The molecule has 1 heterocycles. The predicted octanol–water partition coefficient (Wildman–Crippen LogP) is 0.783. The molecule has 0 bridgehead atoms. The van der Waals surface area contributed by atoms with Crippen LogP contribution in [0.2, 0.25) is 0 Å². The van der Waals surface area contributed by atoms with Gasteiger partial charge in [0.15, 0.2) is 0 Å². The van der Waals surface area contributed by atoms with Gasteiger partial charge in [0.1, 0.15) is 0 Å². The molecule has 1 aliphatic carbocycles. The number of ether oxygens (including phenoxy) is 2. The third-order valence-corrected chi connectivity index (χ3v) is 4.35. The van der Waals surface area contributed by atoms with Gasteiger partial charge in [-0.15, -0.1) is 0 Å². The molecule has 1 saturated carbocycles. The van der Waals surface area contributed by atoms with Gasteiger partial charge in [-0.05, 0) is 12.8 Å². The Morgan fingerprint density at radius 1 is 1.18 bits per heavy atom. The van der Waals surface area contributed by atoms with E-state index in [1.54, 1.807) is 0 Å². The Morgan fingerprint density at radius 2 is 1.82 bits per heavy atom. The molecule has 2 aliphatic rings. The SMILES string of the molecule is NS(=O)(=O)CC1COCC2(CCCCCC2)O1. The monoisotopic (exact) mass is 263 g/mol. The van der Waals surface area contributed by atoms with Crippen LogP contribution in [0.1, 0.15) is 38.5 Å². The molecule has 1 aliphatic heterocycles. The van der Waals surface area contributed by atoms with E-state index in [0.717, 1.165) is 25.7 Å². The molecule has 1 saturated heterocycles. The van der Waals surface area contributed by atoms with Crippen molar-refractivity contribution < 1.29 is 17.9 Å². The number of hydrogen-bond acceptors (Lipinski definition) is 4. The topological polar surface area (TPSA) is 78.6 Å². The maximum absolute atomic E-state index is 11.1. The molecule has 2 N–H and O–H groups in total. The van der Waals surface area contributed by atoms with Crippen molar-refractivity contribution in [2.24, 2.45) is 5.14 Å². The van der Waals surface area contributed by atoms with Crippen LogP contribution in [0.25, 0.3) is 0 Å². The van der Waals surface area contributed by atoms with E-state index in [2.05, 4.69) is 0 Å². The number of primary sulfonamides is 1. The summed E-state index contributed by atoms with van der Waals surface area (Å²) >= 11 is 0. The zero-order valence-electron chi connectivity index (χ0n) is 10.1. The Morgan fingerprint density at radius 3 is 2.41 bits per heavy atom. The molecule has 100 valence electrons. The smallest absolute Gasteiger partial charge is 0.211 e. The fourth-order valence-electron chi connectivity index (χ4n) is 2.77. The van der Waals surface area contributed by atoms with Gasteiger partial charge in [0, 0.05) is 0 Å². The van der Waals surface area contributed by atoms with Crippen LogP contribution >= 0.6 is 0 Å². The Balaban J connectivity index is 1.99. The summed E-state index contributed by atoms with van der Waals surface area (Å²) in [5, 5.41) is 5.05. The fraction of sp³-hybridized carbons (Fsp3) is 1.00. The van der Waals surface area contributed by atoms with Gasteiger partial charge in [0.2, 0.25) is 10.0 Å². The predicted molar refractivity (Wildman–Crippen MR) is 64.1 cm³/mol. The van der Waals surface area contributed by atoms with Crippen LogP contribution in [0.15, 0.2) is 0 Å². The van der Waals surface area contributed by atoms with Crippen molar-refractivity contribution in [1.82, 2.24) is 0 Å². The van der Waals surface area contributed by atoms with E-state index in [1.165, 1.54) is 12.8 Å². The highest BCUT2D eigenvalue weighted by molar-refractivity contribution is 7.89. The third-order valence-electron chi connectivity index (χ3n) is 3.52. The van der Waals surface area contributed by atoms with Crippen molar-refractivity contribution in [2.75, 3.05) is 19.0 Å². The summed E-state index contributed by atoms with van der Waals surface area (Å²) in [6.45, 7) is 0.923. The molecule has 0 amide bonds. The van der Waals surface area contributed by atoms with Gasteiger partial charge in [-0.3, -0.25) is 0 Å². The summed E-state index contributed by atoms with van der Waals surface area (Å²) in [5.41, 5.74) is -0.260. The zero-order valence-corrected chi connectivity index (χ0v) is 10.9. The third kappa shape index (κ3) is 3.91. The Bertz CT molecular complexity index is 346. The first-order chi connectivity index (χ1) is 7.99. The van der Waals surface area contributed by atoms with Gasteiger partial charge in [0.25, 0.3) is 0 Å². The molecule has 0 aromatic heterocycles. The van der Waals surface area contributed by atoms with E-state index in [0.29, 0.717) is 13.2 Å². The van der Waals surface area contributed by atoms with Gasteiger partial charge < -0.3 is 9.47 Å². The summed E-state index contributed by atoms with van der Waals surface area (Å²) in [6.07, 6.45) is 6.24. The van der Waals surface area contributed by atoms with Crippen LogP contribution in [0.3, 0.4) is 0 Å². The number of hydrogen-bond donors (Lipinski definition) is 1. The highest BCUT2D eigenvalue weighted by Gasteiger charge is 2.39. The molecule has 1 atom stereocenters. The molecule has 1 spiro atoms. The number of rotatable bonds is 2. The Kier molecular flexibility index (Phi) is 4.07. The first-order valence-corrected chi connectivity index (χ1v) is 7.97. The van der Waals surface area contributed by atoms with E-state index in [-0.39, 0.29) is 11.4 Å².